The largest absolute Gasteiger partial charge is 0.381 e. The van der Waals surface area contributed by atoms with E-state index < -0.39 is 9.84 Å². The standard InChI is InChI=1S/C19H24BN2O4S2/c1-20-16-12-14(3-4-17(16)28(2,24)25)15(11-13-5-8-26-9-6-13)18(23)22-19-21-7-10-27-19/h3-4,7,10,12-13,15H,5-6,8-9,11H2,1-2H3,(H,21,22,23). The van der Waals surface area contributed by atoms with Gasteiger partial charge in [-0.3, -0.25) is 4.79 Å². The van der Waals surface area contributed by atoms with Crippen LogP contribution in [-0.4, -0.2) is 46.1 Å². The number of nitrogens with one attached hydrogen (secondary N) is 1. The van der Waals surface area contributed by atoms with Gasteiger partial charge in [0.2, 0.25) is 5.91 Å². The number of aromatic nitrogens is 1. The molecule has 3 rings (SSSR count). The van der Waals surface area contributed by atoms with Crippen LogP contribution in [0.5, 0.6) is 0 Å². The molecular formula is C19H24BN2O4S2. The number of amides is 1. The van der Waals surface area contributed by atoms with Gasteiger partial charge in [-0.2, -0.15) is 0 Å². The van der Waals surface area contributed by atoms with Gasteiger partial charge in [0.1, 0.15) is 7.28 Å². The maximum absolute atomic E-state index is 13.1. The Labute approximate surface area is 170 Å². The molecular weight excluding hydrogens is 395 g/mol. The molecule has 2 aromatic rings. The number of nitrogens with zero attached hydrogens (tertiary/aromatic N) is 1. The Hall–Kier alpha value is -1.71. The smallest absolute Gasteiger partial charge is 0.233 e. The van der Waals surface area contributed by atoms with E-state index in [0.717, 1.165) is 18.4 Å². The first-order valence-corrected chi connectivity index (χ1v) is 12.1. The monoisotopic (exact) mass is 419 g/mol. The summed E-state index contributed by atoms with van der Waals surface area (Å²) < 4.78 is 29.5. The lowest BCUT2D eigenvalue weighted by molar-refractivity contribution is -0.118. The number of anilines is 1. The summed E-state index contributed by atoms with van der Waals surface area (Å²) in [5.74, 6) is -0.0978. The summed E-state index contributed by atoms with van der Waals surface area (Å²) in [5.41, 5.74) is 1.44. The molecule has 0 spiro atoms. The second-order valence-corrected chi connectivity index (χ2v) is 9.91. The third-order valence-electron chi connectivity index (χ3n) is 5.04. The number of hydrogen-bond acceptors (Lipinski definition) is 6. The van der Waals surface area contributed by atoms with Gasteiger partial charge in [0, 0.05) is 31.0 Å². The number of hydrogen-bond donors (Lipinski definition) is 1. The van der Waals surface area contributed by atoms with E-state index in [1.807, 2.05) is 11.4 Å². The average Bonchev–Trinajstić information content (AvgIpc) is 3.18. The second-order valence-electron chi connectivity index (χ2n) is 7.03. The molecule has 1 fully saturated rings. The van der Waals surface area contributed by atoms with Crippen molar-refractivity contribution in [2.24, 2.45) is 5.92 Å². The fourth-order valence-corrected chi connectivity index (χ4v) is 4.99. The molecule has 1 aliphatic heterocycles. The van der Waals surface area contributed by atoms with Gasteiger partial charge in [-0.05, 0) is 36.8 Å². The van der Waals surface area contributed by atoms with Crippen LogP contribution in [0.3, 0.4) is 0 Å². The normalized spacial score (nSPS) is 16.5. The first kappa shape index (κ1) is 21.0. The molecule has 9 heteroatoms. The first-order chi connectivity index (χ1) is 13.4. The number of carbonyl (C=O) groups excluding carboxylic acids is 1. The third kappa shape index (κ3) is 5.21. The molecule has 1 radical (unpaired) electrons. The molecule has 1 aliphatic rings. The lowest BCUT2D eigenvalue weighted by atomic mass is 9.71. The van der Waals surface area contributed by atoms with Crippen molar-refractivity contribution in [1.29, 1.82) is 0 Å². The van der Waals surface area contributed by atoms with Crippen LogP contribution < -0.4 is 10.8 Å². The van der Waals surface area contributed by atoms with Crippen LogP contribution in [0.15, 0.2) is 34.7 Å². The minimum atomic E-state index is -3.33. The number of thiazole rings is 1. The highest BCUT2D eigenvalue weighted by Crippen LogP contribution is 2.31. The van der Waals surface area contributed by atoms with Crippen LogP contribution in [-0.2, 0) is 19.4 Å². The molecule has 6 nitrogen and oxygen atoms in total. The first-order valence-electron chi connectivity index (χ1n) is 9.30. The minimum absolute atomic E-state index is 0.115. The third-order valence-corrected chi connectivity index (χ3v) is 6.89. The van der Waals surface area contributed by atoms with Crippen molar-refractivity contribution in [3.8, 4) is 0 Å². The Kier molecular flexibility index (Phi) is 6.90. The van der Waals surface area contributed by atoms with Crippen molar-refractivity contribution in [1.82, 2.24) is 4.98 Å². The zero-order valence-corrected chi connectivity index (χ0v) is 17.7. The van der Waals surface area contributed by atoms with Crippen molar-refractivity contribution < 1.29 is 17.9 Å². The number of ether oxygens (including phenoxy) is 1. The Bertz CT molecular complexity index is 910. The lowest BCUT2D eigenvalue weighted by Gasteiger charge is -2.26. The predicted octanol–water partition coefficient (Wildman–Crippen LogP) is 2.46. The van der Waals surface area contributed by atoms with Gasteiger partial charge in [-0.1, -0.05) is 24.4 Å². The summed E-state index contributed by atoms with van der Waals surface area (Å²) >= 11 is 1.37. The summed E-state index contributed by atoms with van der Waals surface area (Å²) in [6, 6.07) is 5.18. The van der Waals surface area contributed by atoms with Gasteiger partial charge in [-0.25, -0.2) is 13.4 Å². The maximum Gasteiger partial charge on any atom is 0.233 e. The van der Waals surface area contributed by atoms with Crippen LogP contribution >= 0.6 is 11.3 Å². The second kappa shape index (κ2) is 9.20. The molecule has 2 heterocycles. The Morgan fingerprint density at radius 2 is 2.14 bits per heavy atom. The molecule has 1 aromatic carbocycles. The molecule has 1 amide bonds. The van der Waals surface area contributed by atoms with E-state index in [4.69, 9.17) is 4.74 Å². The number of rotatable bonds is 7. The van der Waals surface area contributed by atoms with E-state index in [1.165, 1.54) is 17.6 Å². The highest BCUT2D eigenvalue weighted by Gasteiger charge is 2.27. The molecule has 0 bridgehead atoms. The van der Waals surface area contributed by atoms with Crippen molar-refractivity contribution in [3.05, 3.63) is 35.3 Å². The molecule has 1 atom stereocenters. The highest BCUT2D eigenvalue weighted by molar-refractivity contribution is 7.91. The summed E-state index contributed by atoms with van der Waals surface area (Å²) in [5, 5.41) is 5.28. The number of carbonyl (C=O) groups is 1. The quantitative estimate of drug-likeness (QED) is 0.697. The van der Waals surface area contributed by atoms with Gasteiger partial charge in [0.05, 0.1) is 10.8 Å². The van der Waals surface area contributed by atoms with E-state index in [9.17, 15) is 13.2 Å². The van der Waals surface area contributed by atoms with E-state index in [2.05, 4.69) is 10.3 Å². The van der Waals surface area contributed by atoms with Crippen molar-refractivity contribution >= 4 is 45.0 Å². The molecule has 149 valence electrons. The predicted molar refractivity (Wildman–Crippen MR) is 112 cm³/mol. The fourth-order valence-electron chi connectivity index (χ4n) is 3.53. The summed E-state index contributed by atoms with van der Waals surface area (Å²) in [6.45, 7) is 3.23. The molecule has 1 N–H and O–H groups in total. The zero-order chi connectivity index (χ0) is 20.1. The molecule has 1 saturated heterocycles. The summed E-state index contributed by atoms with van der Waals surface area (Å²) in [7, 11) is -1.57. The van der Waals surface area contributed by atoms with Crippen LogP contribution in [0.4, 0.5) is 5.13 Å². The van der Waals surface area contributed by atoms with E-state index >= 15 is 0 Å². The maximum atomic E-state index is 13.1. The Morgan fingerprint density at radius 1 is 1.39 bits per heavy atom. The van der Waals surface area contributed by atoms with Gasteiger partial charge < -0.3 is 10.1 Å². The number of benzene rings is 1. The van der Waals surface area contributed by atoms with E-state index in [0.29, 0.717) is 36.1 Å². The fraction of sp³-hybridized carbons (Fsp3) is 0.474. The zero-order valence-electron chi connectivity index (χ0n) is 16.1. The van der Waals surface area contributed by atoms with Gasteiger partial charge in [-0.15, -0.1) is 11.3 Å². The number of sulfone groups is 1. The van der Waals surface area contributed by atoms with Crippen molar-refractivity contribution in [3.63, 3.8) is 0 Å². The molecule has 28 heavy (non-hydrogen) atoms. The Morgan fingerprint density at radius 3 is 2.75 bits per heavy atom. The van der Waals surface area contributed by atoms with Crippen LogP contribution in [0.25, 0.3) is 0 Å². The Balaban J connectivity index is 1.91. The molecule has 0 aliphatic carbocycles. The van der Waals surface area contributed by atoms with E-state index in [1.54, 1.807) is 32.4 Å². The minimum Gasteiger partial charge on any atom is -0.381 e. The van der Waals surface area contributed by atoms with E-state index in [-0.39, 0.29) is 16.7 Å². The molecule has 1 unspecified atom stereocenters. The lowest BCUT2D eigenvalue weighted by Crippen LogP contribution is -2.28. The SMILES string of the molecule is C[B]c1cc(C(CC2CCOCC2)C(=O)Nc2nccs2)ccc1S(C)(=O)=O. The highest BCUT2D eigenvalue weighted by atomic mass is 32.2. The van der Waals surface area contributed by atoms with Crippen LogP contribution in [0.2, 0.25) is 6.82 Å². The van der Waals surface area contributed by atoms with Gasteiger partial charge in [0.25, 0.3) is 0 Å². The van der Waals surface area contributed by atoms with Crippen LogP contribution in [0.1, 0.15) is 30.7 Å². The van der Waals surface area contributed by atoms with Gasteiger partial charge >= 0.3 is 0 Å². The van der Waals surface area contributed by atoms with Crippen LogP contribution in [0, 0.1) is 5.92 Å². The van der Waals surface area contributed by atoms with Crippen molar-refractivity contribution in [2.75, 3.05) is 24.8 Å². The molecule has 1 aromatic heterocycles. The van der Waals surface area contributed by atoms with Crippen molar-refractivity contribution in [2.45, 2.75) is 36.9 Å². The summed E-state index contributed by atoms with van der Waals surface area (Å²) in [6.07, 6.45) is 5.40. The topological polar surface area (TPSA) is 85.4 Å². The average molecular weight is 419 g/mol. The summed E-state index contributed by atoms with van der Waals surface area (Å²) in [4.78, 5) is 17.5. The van der Waals surface area contributed by atoms with Gasteiger partial charge in [0.15, 0.2) is 15.0 Å². The molecule has 0 saturated carbocycles.